The number of fused-ring (bicyclic) bond motifs is 1. The van der Waals surface area contributed by atoms with E-state index in [4.69, 9.17) is 16.1 Å². The molecule has 86 valence electrons. The lowest BCUT2D eigenvalue weighted by Gasteiger charge is -1.93. The SMILES string of the molecule is Cc1sc2cc(N)sc2c1C=C(C#N)C(=O)O. The summed E-state index contributed by atoms with van der Waals surface area (Å²) in [6.45, 7) is 1.90. The summed E-state index contributed by atoms with van der Waals surface area (Å²) in [5.41, 5.74) is 6.22. The number of carboxylic acids is 1. The van der Waals surface area contributed by atoms with Crippen molar-refractivity contribution < 1.29 is 9.90 Å². The molecular formula is C11H8N2O2S2. The summed E-state index contributed by atoms with van der Waals surface area (Å²) in [5, 5.41) is 18.3. The van der Waals surface area contributed by atoms with Crippen molar-refractivity contribution in [3.63, 3.8) is 0 Å². The van der Waals surface area contributed by atoms with Crippen LogP contribution in [0.4, 0.5) is 5.00 Å². The summed E-state index contributed by atoms with van der Waals surface area (Å²) in [5.74, 6) is -1.21. The third kappa shape index (κ3) is 2.02. The predicted molar refractivity (Wildman–Crippen MR) is 70.1 cm³/mol. The summed E-state index contributed by atoms with van der Waals surface area (Å²) in [6.07, 6.45) is 1.41. The molecule has 0 amide bonds. The van der Waals surface area contributed by atoms with Gasteiger partial charge >= 0.3 is 5.97 Å². The van der Waals surface area contributed by atoms with Gasteiger partial charge in [-0.25, -0.2) is 4.79 Å². The van der Waals surface area contributed by atoms with E-state index < -0.39 is 5.97 Å². The van der Waals surface area contributed by atoms with E-state index in [2.05, 4.69) is 0 Å². The van der Waals surface area contributed by atoms with Crippen molar-refractivity contribution in [1.29, 1.82) is 5.26 Å². The fourth-order valence-corrected chi connectivity index (χ4v) is 3.76. The van der Waals surface area contributed by atoms with Crippen LogP contribution in [0.3, 0.4) is 0 Å². The molecule has 0 aliphatic heterocycles. The zero-order valence-corrected chi connectivity index (χ0v) is 10.5. The predicted octanol–water partition coefficient (Wildman–Crippen LogP) is 2.84. The highest BCUT2D eigenvalue weighted by molar-refractivity contribution is 7.30. The fraction of sp³-hybridized carbons (Fsp3) is 0.0909. The van der Waals surface area contributed by atoms with Crippen molar-refractivity contribution in [2.24, 2.45) is 0 Å². The molecule has 2 aromatic heterocycles. The fourth-order valence-electron chi connectivity index (χ4n) is 1.49. The summed E-state index contributed by atoms with van der Waals surface area (Å²) in [4.78, 5) is 11.8. The van der Waals surface area contributed by atoms with Gasteiger partial charge in [0.05, 0.1) is 9.70 Å². The molecule has 6 heteroatoms. The average molecular weight is 264 g/mol. The molecule has 4 nitrogen and oxygen atoms in total. The molecule has 0 aliphatic rings. The van der Waals surface area contributed by atoms with Crippen molar-refractivity contribution in [1.82, 2.24) is 0 Å². The number of hydrogen-bond acceptors (Lipinski definition) is 5. The first-order chi connectivity index (χ1) is 8.02. The lowest BCUT2D eigenvalue weighted by molar-refractivity contribution is -0.132. The van der Waals surface area contributed by atoms with Crippen LogP contribution in [0.1, 0.15) is 10.4 Å². The van der Waals surface area contributed by atoms with E-state index in [1.165, 1.54) is 17.4 Å². The lowest BCUT2D eigenvalue weighted by atomic mass is 10.1. The smallest absolute Gasteiger partial charge is 0.346 e. The molecule has 3 N–H and O–H groups in total. The van der Waals surface area contributed by atoms with E-state index in [0.29, 0.717) is 5.00 Å². The van der Waals surface area contributed by atoms with E-state index in [-0.39, 0.29) is 5.57 Å². The van der Waals surface area contributed by atoms with Crippen LogP contribution < -0.4 is 5.73 Å². The third-order valence-electron chi connectivity index (χ3n) is 2.24. The number of rotatable bonds is 2. The molecule has 0 spiro atoms. The molecule has 2 rings (SSSR count). The van der Waals surface area contributed by atoms with Crippen LogP contribution in [0.2, 0.25) is 0 Å². The van der Waals surface area contributed by atoms with Gasteiger partial charge in [0.25, 0.3) is 0 Å². The number of aryl methyl sites for hydroxylation is 1. The Balaban J connectivity index is 2.66. The number of anilines is 1. The molecule has 17 heavy (non-hydrogen) atoms. The summed E-state index contributed by atoms with van der Waals surface area (Å²) < 4.78 is 1.97. The number of aliphatic carboxylic acids is 1. The van der Waals surface area contributed by atoms with Gasteiger partial charge in [-0.05, 0) is 19.1 Å². The van der Waals surface area contributed by atoms with Crippen LogP contribution in [-0.2, 0) is 4.79 Å². The minimum atomic E-state index is -1.21. The van der Waals surface area contributed by atoms with Crippen molar-refractivity contribution in [3.8, 4) is 6.07 Å². The first-order valence-electron chi connectivity index (χ1n) is 4.66. The molecular weight excluding hydrogens is 256 g/mol. The molecule has 0 fully saturated rings. The molecule has 0 saturated carbocycles. The molecule has 0 unspecified atom stereocenters. The highest BCUT2D eigenvalue weighted by Gasteiger charge is 2.13. The molecule has 0 aromatic carbocycles. The van der Waals surface area contributed by atoms with E-state index in [1.807, 2.05) is 13.0 Å². The van der Waals surface area contributed by atoms with Gasteiger partial charge in [0.2, 0.25) is 0 Å². The first kappa shape index (κ1) is 11.6. The summed E-state index contributed by atoms with van der Waals surface area (Å²) in [6, 6.07) is 3.54. The third-order valence-corrected chi connectivity index (χ3v) is 4.44. The largest absolute Gasteiger partial charge is 0.477 e. The Hall–Kier alpha value is -1.84. The summed E-state index contributed by atoms with van der Waals surface area (Å²) >= 11 is 2.95. The molecule has 0 aliphatic carbocycles. The maximum Gasteiger partial charge on any atom is 0.346 e. The van der Waals surface area contributed by atoms with Crippen molar-refractivity contribution >= 4 is 49.1 Å². The Bertz CT molecular complexity index is 673. The number of nitriles is 1. The minimum Gasteiger partial charge on any atom is -0.477 e. The Labute approximate surface area is 105 Å². The van der Waals surface area contributed by atoms with E-state index >= 15 is 0 Å². The van der Waals surface area contributed by atoms with Crippen LogP contribution in [0.5, 0.6) is 0 Å². The number of carbonyl (C=O) groups is 1. The molecule has 2 heterocycles. The Morgan fingerprint density at radius 2 is 2.29 bits per heavy atom. The zero-order chi connectivity index (χ0) is 12.6. The summed E-state index contributed by atoms with van der Waals surface area (Å²) in [7, 11) is 0. The second-order valence-electron chi connectivity index (χ2n) is 3.39. The molecule has 0 saturated heterocycles. The van der Waals surface area contributed by atoms with Crippen LogP contribution in [-0.4, -0.2) is 11.1 Å². The van der Waals surface area contributed by atoms with Crippen LogP contribution in [0.15, 0.2) is 11.6 Å². The molecule has 0 atom stereocenters. The van der Waals surface area contributed by atoms with Crippen molar-refractivity contribution in [3.05, 3.63) is 22.1 Å². The number of nitrogens with two attached hydrogens (primary N) is 1. The number of thiophene rings is 2. The quantitative estimate of drug-likeness (QED) is 0.645. The van der Waals surface area contributed by atoms with Crippen LogP contribution in [0, 0.1) is 18.3 Å². The van der Waals surface area contributed by atoms with Gasteiger partial charge in [-0.3, -0.25) is 0 Å². The molecule has 2 aromatic rings. The first-order valence-corrected chi connectivity index (χ1v) is 6.29. The van der Waals surface area contributed by atoms with Crippen LogP contribution in [0.25, 0.3) is 15.5 Å². The Morgan fingerprint density at radius 1 is 1.59 bits per heavy atom. The van der Waals surface area contributed by atoms with Gasteiger partial charge in [0.1, 0.15) is 11.6 Å². The highest BCUT2D eigenvalue weighted by atomic mass is 32.1. The van der Waals surface area contributed by atoms with E-state index in [0.717, 1.165) is 19.8 Å². The topological polar surface area (TPSA) is 87.1 Å². The highest BCUT2D eigenvalue weighted by Crippen LogP contribution is 2.39. The number of nitrogens with zero attached hydrogens (tertiary/aromatic N) is 1. The van der Waals surface area contributed by atoms with Gasteiger partial charge in [0.15, 0.2) is 0 Å². The maximum atomic E-state index is 10.8. The van der Waals surface area contributed by atoms with E-state index in [1.54, 1.807) is 17.4 Å². The number of nitrogen functional groups attached to an aromatic ring is 1. The zero-order valence-electron chi connectivity index (χ0n) is 8.85. The average Bonchev–Trinajstić information content (AvgIpc) is 2.71. The van der Waals surface area contributed by atoms with Gasteiger partial charge in [0, 0.05) is 15.1 Å². The second-order valence-corrected chi connectivity index (χ2v) is 5.73. The van der Waals surface area contributed by atoms with Crippen molar-refractivity contribution in [2.45, 2.75) is 6.92 Å². The second kappa shape index (κ2) is 4.20. The Morgan fingerprint density at radius 3 is 2.88 bits per heavy atom. The van der Waals surface area contributed by atoms with Crippen molar-refractivity contribution in [2.75, 3.05) is 5.73 Å². The number of carboxylic acid groups (broad SMARTS) is 1. The van der Waals surface area contributed by atoms with Gasteiger partial charge in [-0.1, -0.05) is 0 Å². The standard InChI is InChI=1S/C11H8N2O2S2/c1-5-7(2-6(4-12)11(14)15)10-8(16-5)3-9(13)17-10/h2-3H,13H2,1H3,(H,14,15). The normalized spacial score (nSPS) is 11.6. The monoisotopic (exact) mass is 264 g/mol. The minimum absolute atomic E-state index is 0.264. The Kier molecular flexibility index (Phi) is 2.88. The maximum absolute atomic E-state index is 10.8. The van der Waals surface area contributed by atoms with Gasteiger partial charge in [-0.2, -0.15) is 5.26 Å². The van der Waals surface area contributed by atoms with Crippen LogP contribution >= 0.6 is 22.7 Å². The molecule has 0 radical (unpaired) electrons. The van der Waals surface area contributed by atoms with E-state index in [9.17, 15) is 4.79 Å². The van der Waals surface area contributed by atoms with Gasteiger partial charge in [-0.15, -0.1) is 22.7 Å². The lowest BCUT2D eigenvalue weighted by Crippen LogP contribution is -1.97. The molecule has 0 bridgehead atoms. The number of hydrogen-bond donors (Lipinski definition) is 2. The van der Waals surface area contributed by atoms with Gasteiger partial charge < -0.3 is 10.8 Å².